The van der Waals surface area contributed by atoms with Gasteiger partial charge in [0.2, 0.25) is 0 Å². The van der Waals surface area contributed by atoms with E-state index in [4.69, 9.17) is 0 Å². The molecule has 1 atom stereocenters. The lowest BCUT2D eigenvalue weighted by molar-refractivity contribution is -0.120. The topological polar surface area (TPSA) is 17.1 Å². The summed E-state index contributed by atoms with van der Waals surface area (Å²) in [6.07, 6.45) is 6.29. The molecule has 0 bridgehead atoms. The zero-order valence-corrected chi connectivity index (χ0v) is 8.63. The van der Waals surface area contributed by atoms with Gasteiger partial charge in [-0.2, -0.15) is 0 Å². The van der Waals surface area contributed by atoms with E-state index < -0.39 is 0 Å². The van der Waals surface area contributed by atoms with Crippen LogP contribution in [0.4, 0.5) is 0 Å². The molecule has 0 rings (SSSR count). The summed E-state index contributed by atoms with van der Waals surface area (Å²) < 4.78 is 0. The number of allylic oxidation sites excluding steroid dienone is 2. The van der Waals surface area contributed by atoms with Crippen LogP contribution >= 0.6 is 0 Å². The predicted molar refractivity (Wildman–Crippen MR) is 53.1 cm³/mol. The van der Waals surface area contributed by atoms with Crippen LogP contribution in [0.5, 0.6) is 0 Å². The van der Waals surface area contributed by atoms with Gasteiger partial charge in [0, 0.05) is 5.92 Å². The summed E-state index contributed by atoms with van der Waals surface area (Å²) in [4.78, 5) is 10.8. The maximum atomic E-state index is 10.8. The first kappa shape index (κ1) is 11.4. The first-order chi connectivity index (χ1) is 5.54. The van der Waals surface area contributed by atoms with Gasteiger partial charge in [0.1, 0.15) is 5.78 Å². The molecule has 0 aromatic heterocycles. The molecule has 0 amide bonds. The van der Waals surface area contributed by atoms with Gasteiger partial charge in [0.15, 0.2) is 0 Å². The molecule has 70 valence electrons. The second kappa shape index (κ2) is 5.99. The van der Waals surface area contributed by atoms with E-state index in [1.54, 1.807) is 6.92 Å². The molecule has 0 saturated carbocycles. The van der Waals surface area contributed by atoms with E-state index in [0.717, 1.165) is 12.8 Å². The minimum atomic E-state index is 0.188. The Morgan fingerprint density at radius 3 is 2.08 bits per heavy atom. The molecule has 0 fully saturated rings. The number of carbonyl (C=O) groups is 1. The summed E-state index contributed by atoms with van der Waals surface area (Å²) >= 11 is 0. The van der Waals surface area contributed by atoms with Crippen molar-refractivity contribution in [2.75, 3.05) is 0 Å². The van der Waals surface area contributed by atoms with Crippen molar-refractivity contribution in [2.24, 2.45) is 11.8 Å². The van der Waals surface area contributed by atoms with E-state index in [1.807, 2.05) is 6.92 Å². The van der Waals surface area contributed by atoms with Crippen LogP contribution in [0, 0.1) is 11.8 Å². The van der Waals surface area contributed by atoms with Crippen LogP contribution in [0.15, 0.2) is 12.2 Å². The summed E-state index contributed by atoms with van der Waals surface area (Å²) in [5.74, 6) is 1.19. The average molecular weight is 168 g/mol. The summed E-state index contributed by atoms with van der Waals surface area (Å²) in [7, 11) is 0. The van der Waals surface area contributed by atoms with Crippen LogP contribution in [0.1, 0.15) is 40.5 Å². The molecule has 0 radical (unpaired) electrons. The predicted octanol–water partition coefficient (Wildman–Crippen LogP) is 3.20. The second-order valence-corrected chi connectivity index (χ2v) is 3.85. The fourth-order valence-corrected chi connectivity index (χ4v) is 0.835. The molecule has 0 spiro atoms. The Labute approximate surface area is 75.9 Å². The Balaban J connectivity index is 3.53. The van der Waals surface area contributed by atoms with Crippen molar-refractivity contribution >= 4 is 5.78 Å². The normalized spacial score (nSPS) is 14.1. The van der Waals surface area contributed by atoms with Crippen LogP contribution in [0.2, 0.25) is 0 Å². The number of Topliss-reactive ketones (excluding diaryl/α,β-unsaturated/α-hetero) is 1. The molecule has 1 unspecified atom stereocenters. The number of rotatable bonds is 5. The van der Waals surface area contributed by atoms with E-state index in [2.05, 4.69) is 26.0 Å². The molecule has 0 aliphatic rings. The highest BCUT2D eigenvalue weighted by Gasteiger charge is 2.03. The van der Waals surface area contributed by atoms with Gasteiger partial charge in [-0.05, 0) is 25.7 Å². The van der Waals surface area contributed by atoms with Gasteiger partial charge in [-0.15, -0.1) is 0 Å². The fraction of sp³-hybridized carbons (Fsp3) is 0.727. The molecule has 0 heterocycles. The van der Waals surface area contributed by atoms with Gasteiger partial charge in [-0.25, -0.2) is 0 Å². The van der Waals surface area contributed by atoms with Crippen LogP contribution < -0.4 is 0 Å². The van der Waals surface area contributed by atoms with Crippen molar-refractivity contribution in [3.63, 3.8) is 0 Å². The van der Waals surface area contributed by atoms with Crippen LogP contribution in [-0.4, -0.2) is 5.78 Å². The SMILES string of the molecule is CC(=O)C(C)C/C=C/CC(C)C. The number of hydrogen-bond donors (Lipinski definition) is 0. The van der Waals surface area contributed by atoms with Crippen molar-refractivity contribution < 1.29 is 4.79 Å². The summed E-state index contributed by atoms with van der Waals surface area (Å²) in [5.41, 5.74) is 0. The van der Waals surface area contributed by atoms with Gasteiger partial charge < -0.3 is 0 Å². The average Bonchev–Trinajstić information content (AvgIpc) is 1.97. The molecular formula is C11H20O. The van der Waals surface area contributed by atoms with E-state index in [0.29, 0.717) is 5.92 Å². The highest BCUT2D eigenvalue weighted by molar-refractivity contribution is 5.77. The van der Waals surface area contributed by atoms with Gasteiger partial charge in [0.05, 0.1) is 0 Å². The third-order valence-electron chi connectivity index (χ3n) is 1.96. The second-order valence-electron chi connectivity index (χ2n) is 3.85. The van der Waals surface area contributed by atoms with Crippen molar-refractivity contribution in [1.29, 1.82) is 0 Å². The highest BCUT2D eigenvalue weighted by atomic mass is 16.1. The Kier molecular flexibility index (Phi) is 5.69. The lowest BCUT2D eigenvalue weighted by Crippen LogP contribution is -2.04. The van der Waals surface area contributed by atoms with Gasteiger partial charge in [-0.3, -0.25) is 4.79 Å². The van der Waals surface area contributed by atoms with Gasteiger partial charge >= 0.3 is 0 Å². The quantitative estimate of drug-likeness (QED) is 0.576. The standard InChI is InChI=1S/C11H20O/c1-9(2)7-5-6-8-10(3)11(4)12/h5-6,9-10H,7-8H2,1-4H3/b6-5+. The maximum absolute atomic E-state index is 10.8. The van der Waals surface area contributed by atoms with Crippen molar-refractivity contribution in [3.8, 4) is 0 Å². The van der Waals surface area contributed by atoms with E-state index in [9.17, 15) is 4.79 Å². The molecule has 0 saturated heterocycles. The molecule has 0 N–H and O–H groups in total. The summed E-state index contributed by atoms with van der Waals surface area (Å²) in [6, 6.07) is 0. The molecule has 1 nitrogen and oxygen atoms in total. The fourth-order valence-electron chi connectivity index (χ4n) is 0.835. The number of carbonyl (C=O) groups excluding carboxylic acids is 1. The molecule has 0 aromatic carbocycles. The van der Waals surface area contributed by atoms with Crippen molar-refractivity contribution in [2.45, 2.75) is 40.5 Å². The lowest BCUT2D eigenvalue weighted by atomic mass is 10.0. The Bertz CT molecular complexity index is 156. The van der Waals surface area contributed by atoms with E-state index in [-0.39, 0.29) is 11.7 Å². The van der Waals surface area contributed by atoms with Gasteiger partial charge in [0.25, 0.3) is 0 Å². The highest BCUT2D eigenvalue weighted by Crippen LogP contribution is 2.06. The van der Waals surface area contributed by atoms with Crippen LogP contribution in [0.3, 0.4) is 0 Å². The lowest BCUT2D eigenvalue weighted by Gasteiger charge is -2.02. The monoisotopic (exact) mass is 168 g/mol. The Morgan fingerprint density at radius 2 is 1.67 bits per heavy atom. The van der Waals surface area contributed by atoms with Crippen molar-refractivity contribution in [3.05, 3.63) is 12.2 Å². The smallest absolute Gasteiger partial charge is 0.132 e. The molecule has 12 heavy (non-hydrogen) atoms. The largest absolute Gasteiger partial charge is 0.300 e. The minimum Gasteiger partial charge on any atom is -0.300 e. The van der Waals surface area contributed by atoms with Crippen LogP contribution in [0.25, 0.3) is 0 Å². The molecule has 0 aliphatic carbocycles. The first-order valence-corrected chi connectivity index (χ1v) is 4.69. The van der Waals surface area contributed by atoms with Gasteiger partial charge in [-0.1, -0.05) is 32.9 Å². The summed E-state index contributed by atoms with van der Waals surface area (Å²) in [6.45, 7) is 8.01. The third-order valence-corrected chi connectivity index (χ3v) is 1.96. The zero-order valence-electron chi connectivity index (χ0n) is 8.63. The van der Waals surface area contributed by atoms with E-state index >= 15 is 0 Å². The van der Waals surface area contributed by atoms with E-state index in [1.165, 1.54) is 0 Å². The third kappa shape index (κ3) is 6.14. The summed E-state index contributed by atoms with van der Waals surface area (Å²) in [5, 5.41) is 0. The molecule has 0 aliphatic heterocycles. The number of ketones is 1. The molecule has 0 aromatic rings. The zero-order chi connectivity index (χ0) is 9.56. The Morgan fingerprint density at radius 1 is 1.17 bits per heavy atom. The van der Waals surface area contributed by atoms with Crippen LogP contribution in [-0.2, 0) is 4.79 Å². The van der Waals surface area contributed by atoms with Crippen molar-refractivity contribution in [1.82, 2.24) is 0 Å². The molecule has 1 heteroatoms. The number of hydrogen-bond acceptors (Lipinski definition) is 1. The maximum Gasteiger partial charge on any atom is 0.132 e. The minimum absolute atomic E-state index is 0.188. The Hall–Kier alpha value is -0.590. The first-order valence-electron chi connectivity index (χ1n) is 4.69. The molecular weight excluding hydrogens is 148 g/mol.